The first-order valence-corrected chi connectivity index (χ1v) is 6.15. The predicted octanol–water partition coefficient (Wildman–Crippen LogP) is 1.54. The second kappa shape index (κ2) is 5.27. The Morgan fingerprint density at radius 1 is 1.29 bits per heavy atom. The summed E-state index contributed by atoms with van der Waals surface area (Å²) < 4.78 is 11.5. The Labute approximate surface area is 87.4 Å². The number of hydrogen-bond acceptors (Lipinski definition) is 2. The van der Waals surface area contributed by atoms with Crippen LogP contribution >= 0.6 is 0 Å². The molecule has 0 saturated heterocycles. The number of rotatable bonds is 4. The highest BCUT2D eigenvalue weighted by Crippen LogP contribution is 2.15. The summed E-state index contributed by atoms with van der Waals surface area (Å²) in [5.41, 5.74) is 3.51. The second-order valence-electron chi connectivity index (χ2n) is 3.38. The zero-order valence-electron chi connectivity index (χ0n) is 8.62. The fourth-order valence-electron chi connectivity index (χ4n) is 1.41. The summed E-state index contributed by atoms with van der Waals surface area (Å²) in [6, 6.07) is 6.06. The Morgan fingerprint density at radius 3 is 2.36 bits per heavy atom. The van der Waals surface area contributed by atoms with Crippen LogP contribution in [0.15, 0.2) is 18.2 Å². The number of aliphatic hydroxyl groups is 1. The molecular formula is C11H16O2S. The Morgan fingerprint density at radius 2 is 1.86 bits per heavy atom. The molecule has 1 atom stereocenters. The molecule has 2 nitrogen and oxygen atoms in total. The van der Waals surface area contributed by atoms with E-state index in [2.05, 4.69) is 0 Å². The van der Waals surface area contributed by atoms with Gasteiger partial charge in [-0.15, -0.1) is 0 Å². The molecule has 0 aromatic heterocycles. The number of hydrogen-bond donors (Lipinski definition) is 1. The van der Waals surface area contributed by atoms with E-state index in [1.807, 2.05) is 32.0 Å². The van der Waals surface area contributed by atoms with Crippen LogP contribution in [-0.4, -0.2) is 21.7 Å². The molecule has 1 N–H and O–H groups in total. The summed E-state index contributed by atoms with van der Waals surface area (Å²) in [6.07, 6.45) is 0. The van der Waals surface area contributed by atoms with Crippen molar-refractivity contribution in [2.45, 2.75) is 19.6 Å². The lowest BCUT2D eigenvalue weighted by Gasteiger charge is -2.08. The van der Waals surface area contributed by atoms with Crippen molar-refractivity contribution in [1.82, 2.24) is 0 Å². The summed E-state index contributed by atoms with van der Waals surface area (Å²) >= 11 is 0. The summed E-state index contributed by atoms with van der Waals surface area (Å²) in [4.78, 5) is 0. The van der Waals surface area contributed by atoms with Crippen molar-refractivity contribution in [2.24, 2.45) is 0 Å². The normalized spacial score (nSPS) is 12.8. The summed E-state index contributed by atoms with van der Waals surface area (Å²) in [5, 5.41) is 8.66. The van der Waals surface area contributed by atoms with E-state index in [4.69, 9.17) is 5.11 Å². The van der Waals surface area contributed by atoms with Gasteiger partial charge in [0.05, 0.1) is 6.61 Å². The minimum atomic E-state index is -0.942. The van der Waals surface area contributed by atoms with E-state index in [1.54, 1.807) is 0 Å². The van der Waals surface area contributed by atoms with E-state index in [0.29, 0.717) is 11.5 Å². The number of benzene rings is 1. The van der Waals surface area contributed by atoms with Gasteiger partial charge in [0.1, 0.15) is 0 Å². The van der Waals surface area contributed by atoms with E-state index >= 15 is 0 Å². The smallest absolute Gasteiger partial charge is 0.0546 e. The quantitative estimate of drug-likeness (QED) is 0.822. The molecule has 78 valence electrons. The first-order valence-electron chi connectivity index (χ1n) is 4.66. The molecule has 0 bridgehead atoms. The Bertz CT molecular complexity index is 314. The Hall–Kier alpha value is -0.670. The van der Waals surface area contributed by atoms with Crippen LogP contribution in [0.2, 0.25) is 0 Å². The highest BCUT2D eigenvalue weighted by molar-refractivity contribution is 7.84. The van der Waals surface area contributed by atoms with E-state index in [9.17, 15) is 4.21 Å². The van der Waals surface area contributed by atoms with E-state index in [1.165, 1.54) is 11.1 Å². The molecule has 0 aliphatic heterocycles. The highest BCUT2D eigenvalue weighted by atomic mass is 32.2. The van der Waals surface area contributed by atoms with Crippen molar-refractivity contribution in [1.29, 1.82) is 0 Å². The summed E-state index contributed by atoms with van der Waals surface area (Å²) in [5.74, 6) is 0.923. The van der Waals surface area contributed by atoms with Gasteiger partial charge in [-0.2, -0.15) is 0 Å². The maximum atomic E-state index is 11.5. The maximum Gasteiger partial charge on any atom is 0.0546 e. The van der Waals surface area contributed by atoms with Gasteiger partial charge in [0.15, 0.2) is 0 Å². The molecule has 0 saturated carbocycles. The maximum absolute atomic E-state index is 11.5. The predicted molar refractivity (Wildman–Crippen MR) is 59.7 cm³/mol. The van der Waals surface area contributed by atoms with Gasteiger partial charge in [0, 0.05) is 22.3 Å². The van der Waals surface area contributed by atoms with Gasteiger partial charge in [-0.05, 0) is 30.5 Å². The van der Waals surface area contributed by atoms with Crippen molar-refractivity contribution in [2.75, 3.05) is 12.4 Å². The highest BCUT2D eigenvalue weighted by Gasteiger charge is 2.06. The summed E-state index contributed by atoms with van der Waals surface area (Å²) in [6.45, 7) is 4.05. The van der Waals surface area contributed by atoms with Crippen molar-refractivity contribution >= 4 is 10.8 Å². The molecule has 0 aliphatic carbocycles. The van der Waals surface area contributed by atoms with Gasteiger partial charge in [-0.25, -0.2) is 0 Å². The molecule has 0 radical (unpaired) electrons. The third-order valence-corrected chi connectivity index (χ3v) is 3.52. The lowest BCUT2D eigenvalue weighted by molar-refractivity contribution is 0.321. The molecule has 0 amide bonds. The Balaban J connectivity index is 2.80. The van der Waals surface area contributed by atoms with E-state index in [0.717, 1.165) is 5.56 Å². The van der Waals surface area contributed by atoms with E-state index < -0.39 is 10.8 Å². The number of aliphatic hydroxyl groups excluding tert-OH is 1. The van der Waals surface area contributed by atoms with Crippen LogP contribution in [0, 0.1) is 13.8 Å². The molecule has 3 heteroatoms. The van der Waals surface area contributed by atoms with Crippen LogP contribution in [0.25, 0.3) is 0 Å². The van der Waals surface area contributed by atoms with Gasteiger partial charge in [0.25, 0.3) is 0 Å². The first-order chi connectivity index (χ1) is 6.65. The molecule has 1 aromatic carbocycles. The van der Waals surface area contributed by atoms with Gasteiger partial charge < -0.3 is 5.11 Å². The van der Waals surface area contributed by atoms with E-state index in [-0.39, 0.29) is 6.61 Å². The van der Waals surface area contributed by atoms with Gasteiger partial charge in [0.2, 0.25) is 0 Å². The largest absolute Gasteiger partial charge is 0.395 e. The second-order valence-corrected chi connectivity index (χ2v) is 4.96. The van der Waals surface area contributed by atoms with Crippen LogP contribution in [-0.2, 0) is 16.6 Å². The zero-order chi connectivity index (χ0) is 10.6. The van der Waals surface area contributed by atoms with Crippen molar-refractivity contribution in [3.05, 3.63) is 34.9 Å². The SMILES string of the molecule is Cc1cccc(C)c1C[S@](=O)CCO. The lowest BCUT2D eigenvalue weighted by Crippen LogP contribution is -2.06. The monoisotopic (exact) mass is 212 g/mol. The van der Waals surface area contributed by atoms with Crippen molar-refractivity contribution in [3.8, 4) is 0 Å². The molecule has 14 heavy (non-hydrogen) atoms. The number of aryl methyl sites for hydroxylation is 2. The standard InChI is InChI=1S/C11H16O2S/c1-9-4-3-5-10(2)11(9)8-14(13)7-6-12/h3-5,12H,6-8H2,1-2H3/t14-/m1/s1. The third-order valence-electron chi connectivity index (χ3n) is 2.27. The molecule has 0 unspecified atom stereocenters. The van der Waals surface area contributed by atoms with Crippen molar-refractivity contribution in [3.63, 3.8) is 0 Å². The van der Waals surface area contributed by atoms with Crippen LogP contribution in [0.1, 0.15) is 16.7 Å². The van der Waals surface area contributed by atoms with Gasteiger partial charge >= 0.3 is 0 Å². The van der Waals surface area contributed by atoms with Gasteiger partial charge in [-0.1, -0.05) is 18.2 Å². The molecular weight excluding hydrogens is 196 g/mol. The minimum absolute atomic E-state index is 0.00244. The lowest BCUT2D eigenvalue weighted by atomic mass is 10.1. The fourth-order valence-corrected chi connectivity index (χ4v) is 2.54. The average Bonchev–Trinajstić information content (AvgIpc) is 2.12. The van der Waals surface area contributed by atoms with Crippen LogP contribution < -0.4 is 0 Å². The molecule has 0 aliphatic rings. The minimum Gasteiger partial charge on any atom is -0.395 e. The molecule has 1 rings (SSSR count). The zero-order valence-corrected chi connectivity index (χ0v) is 9.43. The van der Waals surface area contributed by atoms with Crippen LogP contribution in [0.5, 0.6) is 0 Å². The first kappa shape index (κ1) is 11.4. The third kappa shape index (κ3) is 2.93. The van der Waals surface area contributed by atoms with Crippen LogP contribution in [0.3, 0.4) is 0 Å². The Kier molecular flexibility index (Phi) is 4.29. The fraction of sp³-hybridized carbons (Fsp3) is 0.455. The van der Waals surface area contributed by atoms with Gasteiger partial charge in [-0.3, -0.25) is 4.21 Å². The molecule has 0 fully saturated rings. The molecule has 0 spiro atoms. The summed E-state index contributed by atoms with van der Waals surface area (Å²) in [7, 11) is -0.942. The molecule has 0 heterocycles. The van der Waals surface area contributed by atoms with Crippen LogP contribution in [0.4, 0.5) is 0 Å². The van der Waals surface area contributed by atoms with Crippen molar-refractivity contribution < 1.29 is 9.32 Å². The average molecular weight is 212 g/mol. The topological polar surface area (TPSA) is 37.3 Å². The molecule has 1 aromatic rings.